The monoisotopic (exact) mass is 212 g/mol. The standard InChI is InChI=1S/C10H16N2O3/c1-10(2,3)8-6(5-12-15-8)4-7(11)9(13)14/h5,7H,4,11H2,1-3H3,(H,13,14). The molecule has 0 bridgehead atoms. The first-order chi connectivity index (χ1) is 6.82. The van der Waals surface area contributed by atoms with Gasteiger partial charge in [-0.15, -0.1) is 0 Å². The van der Waals surface area contributed by atoms with Crippen molar-refractivity contribution in [2.75, 3.05) is 0 Å². The summed E-state index contributed by atoms with van der Waals surface area (Å²) in [6.45, 7) is 5.93. The molecule has 1 aromatic rings. The van der Waals surface area contributed by atoms with Gasteiger partial charge >= 0.3 is 5.97 Å². The summed E-state index contributed by atoms with van der Waals surface area (Å²) < 4.78 is 5.11. The highest BCUT2D eigenvalue weighted by molar-refractivity contribution is 5.73. The molecule has 0 amide bonds. The van der Waals surface area contributed by atoms with Crippen LogP contribution in [0.2, 0.25) is 0 Å². The van der Waals surface area contributed by atoms with Crippen LogP contribution in [0.25, 0.3) is 0 Å². The molecule has 1 atom stereocenters. The number of aromatic nitrogens is 1. The van der Waals surface area contributed by atoms with Crippen LogP contribution in [0.4, 0.5) is 0 Å². The van der Waals surface area contributed by atoms with Gasteiger partial charge < -0.3 is 15.4 Å². The number of aliphatic carboxylic acids is 1. The maximum atomic E-state index is 10.6. The number of carboxylic acid groups (broad SMARTS) is 1. The third-order valence-electron chi connectivity index (χ3n) is 2.08. The molecule has 0 radical (unpaired) electrons. The van der Waals surface area contributed by atoms with E-state index in [0.29, 0.717) is 5.76 Å². The van der Waals surface area contributed by atoms with Crippen LogP contribution in [0.1, 0.15) is 32.1 Å². The summed E-state index contributed by atoms with van der Waals surface area (Å²) in [4.78, 5) is 10.6. The third kappa shape index (κ3) is 2.79. The molecule has 0 saturated carbocycles. The van der Waals surface area contributed by atoms with Crippen LogP contribution in [-0.2, 0) is 16.6 Å². The minimum Gasteiger partial charge on any atom is -0.480 e. The second-order valence-corrected chi connectivity index (χ2v) is 4.58. The minimum absolute atomic E-state index is 0.190. The fraction of sp³-hybridized carbons (Fsp3) is 0.600. The van der Waals surface area contributed by atoms with Crippen molar-refractivity contribution in [1.82, 2.24) is 5.16 Å². The highest BCUT2D eigenvalue weighted by Gasteiger charge is 2.25. The quantitative estimate of drug-likeness (QED) is 0.777. The Balaban J connectivity index is 2.87. The summed E-state index contributed by atoms with van der Waals surface area (Å²) in [7, 11) is 0. The molecule has 1 rings (SSSR count). The first-order valence-electron chi connectivity index (χ1n) is 4.75. The Morgan fingerprint density at radius 2 is 2.27 bits per heavy atom. The van der Waals surface area contributed by atoms with Gasteiger partial charge in [0.1, 0.15) is 11.8 Å². The van der Waals surface area contributed by atoms with Crippen molar-refractivity contribution in [3.05, 3.63) is 17.5 Å². The normalized spacial score (nSPS) is 13.9. The number of hydrogen-bond donors (Lipinski definition) is 2. The molecule has 0 saturated heterocycles. The van der Waals surface area contributed by atoms with Gasteiger partial charge in [0.05, 0.1) is 6.20 Å². The maximum Gasteiger partial charge on any atom is 0.320 e. The van der Waals surface area contributed by atoms with Crippen molar-refractivity contribution in [2.45, 2.75) is 38.6 Å². The predicted molar refractivity (Wildman–Crippen MR) is 54.5 cm³/mol. The molecule has 5 heteroatoms. The van der Waals surface area contributed by atoms with Crippen LogP contribution in [0.5, 0.6) is 0 Å². The Hall–Kier alpha value is -1.36. The molecule has 1 aromatic heterocycles. The Morgan fingerprint density at radius 3 is 2.73 bits per heavy atom. The fourth-order valence-electron chi connectivity index (χ4n) is 1.35. The van der Waals surface area contributed by atoms with E-state index in [2.05, 4.69) is 5.16 Å². The van der Waals surface area contributed by atoms with E-state index < -0.39 is 12.0 Å². The van der Waals surface area contributed by atoms with Crippen molar-refractivity contribution in [2.24, 2.45) is 5.73 Å². The average Bonchev–Trinajstić information content (AvgIpc) is 2.50. The van der Waals surface area contributed by atoms with E-state index in [-0.39, 0.29) is 11.8 Å². The van der Waals surface area contributed by atoms with Gasteiger partial charge in [-0.3, -0.25) is 4.79 Å². The molecule has 15 heavy (non-hydrogen) atoms. The molecule has 0 aliphatic carbocycles. The van der Waals surface area contributed by atoms with Crippen molar-refractivity contribution >= 4 is 5.97 Å². The second-order valence-electron chi connectivity index (χ2n) is 4.58. The van der Waals surface area contributed by atoms with Crippen LogP contribution in [-0.4, -0.2) is 22.3 Å². The van der Waals surface area contributed by atoms with E-state index in [1.165, 1.54) is 6.20 Å². The lowest BCUT2D eigenvalue weighted by molar-refractivity contribution is -0.138. The Morgan fingerprint density at radius 1 is 1.67 bits per heavy atom. The molecular weight excluding hydrogens is 196 g/mol. The van der Waals surface area contributed by atoms with Crippen LogP contribution in [0.3, 0.4) is 0 Å². The van der Waals surface area contributed by atoms with E-state index in [9.17, 15) is 4.79 Å². The van der Waals surface area contributed by atoms with Crippen molar-refractivity contribution < 1.29 is 14.4 Å². The Kier molecular flexibility index (Phi) is 3.14. The lowest BCUT2D eigenvalue weighted by atomic mass is 9.89. The van der Waals surface area contributed by atoms with Gasteiger partial charge in [-0.1, -0.05) is 25.9 Å². The van der Waals surface area contributed by atoms with Crippen molar-refractivity contribution in [3.63, 3.8) is 0 Å². The zero-order valence-electron chi connectivity index (χ0n) is 9.15. The summed E-state index contributed by atoms with van der Waals surface area (Å²) in [6, 6.07) is -0.912. The van der Waals surface area contributed by atoms with E-state index in [4.69, 9.17) is 15.4 Å². The highest BCUT2D eigenvalue weighted by atomic mass is 16.5. The van der Waals surface area contributed by atoms with Gasteiger partial charge in [-0.2, -0.15) is 0 Å². The van der Waals surface area contributed by atoms with Crippen molar-refractivity contribution in [3.8, 4) is 0 Å². The van der Waals surface area contributed by atoms with Gasteiger partial charge in [0.2, 0.25) is 0 Å². The fourth-order valence-corrected chi connectivity index (χ4v) is 1.35. The number of carboxylic acids is 1. The molecule has 84 valence electrons. The smallest absolute Gasteiger partial charge is 0.320 e. The molecule has 5 nitrogen and oxygen atoms in total. The predicted octanol–water partition coefficient (Wildman–Crippen LogP) is 0.927. The zero-order chi connectivity index (χ0) is 11.6. The second kappa shape index (κ2) is 4.02. The maximum absolute atomic E-state index is 10.6. The van der Waals surface area contributed by atoms with Crippen LogP contribution >= 0.6 is 0 Å². The summed E-state index contributed by atoms with van der Waals surface area (Å²) in [6.07, 6.45) is 1.77. The average molecular weight is 212 g/mol. The Bertz CT molecular complexity index is 352. The first-order valence-corrected chi connectivity index (χ1v) is 4.75. The molecule has 0 aliphatic rings. The van der Waals surface area contributed by atoms with Gasteiger partial charge in [0.15, 0.2) is 0 Å². The van der Waals surface area contributed by atoms with Gasteiger partial charge in [-0.25, -0.2) is 0 Å². The van der Waals surface area contributed by atoms with Gasteiger partial charge in [0.25, 0.3) is 0 Å². The summed E-state index contributed by atoms with van der Waals surface area (Å²) in [5, 5.41) is 12.4. The molecular formula is C10H16N2O3. The first kappa shape index (κ1) is 11.7. The minimum atomic E-state index is -1.02. The van der Waals surface area contributed by atoms with E-state index in [0.717, 1.165) is 5.56 Å². The number of hydrogen-bond acceptors (Lipinski definition) is 4. The lowest BCUT2D eigenvalue weighted by Crippen LogP contribution is -2.32. The molecule has 0 aliphatic heterocycles. The van der Waals surface area contributed by atoms with Crippen molar-refractivity contribution in [1.29, 1.82) is 0 Å². The van der Waals surface area contributed by atoms with Crippen LogP contribution in [0.15, 0.2) is 10.7 Å². The Labute approximate surface area is 88.2 Å². The molecule has 1 unspecified atom stereocenters. The summed E-state index contributed by atoms with van der Waals surface area (Å²) in [5.41, 5.74) is 6.02. The number of nitrogens with two attached hydrogens (primary N) is 1. The molecule has 1 heterocycles. The number of nitrogens with zero attached hydrogens (tertiary/aromatic N) is 1. The van der Waals surface area contributed by atoms with Gasteiger partial charge in [0, 0.05) is 17.4 Å². The third-order valence-corrected chi connectivity index (χ3v) is 2.08. The van der Waals surface area contributed by atoms with E-state index in [1.807, 2.05) is 20.8 Å². The molecule has 0 aromatic carbocycles. The highest BCUT2D eigenvalue weighted by Crippen LogP contribution is 2.26. The molecule has 0 spiro atoms. The summed E-state index contributed by atoms with van der Waals surface area (Å²) >= 11 is 0. The van der Waals surface area contributed by atoms with Crippen LogP contribution < -0.4 is 5.73 Å². The number of carbonyl (C=O) groups is 1. The van der Waals surface area contributed by atoms with E-state index in [1.54, 1.807) is 0 Å². The molecule has 0 fully saturated rings. The largest absolute Gasteiger partial charge is 0.480 e. The lowest BCUT2D eigenvalue weighted by Gasteiger charge is -2.16. The van der Waals surface area contributed by atoms with E-state index >= 15 is 0 Å². The zero-order valence-corrected chi connectivity index (χ0v) is 9.15. The molecule has 3 N–H and O–H groups in total. The topological polar surface area (TPSA) is 89.4 Å². The van der Waals surface area contributed by atoms with Crippen LogP contribution in [0, 0.1) is 0 Å². The SMILES string of the molecule is CC(C)(C)c1oncc1CC(N)C(=O)O. The number of rotatable bonds is 3. The summed E-state index contributed by atoms with van der Waals surface area (Å²) in [5.74, 6) is -0.324. The van der Waals surface area contributed by atoms with Gasteiger partial charge in [-0.05, 0) is 0 Å².